The van der Waals surface area contributed by atoms with Crippen molar-refractivity contribution in [2.75, 3.05) is 0 Å². The van der Waals surface area contributed by atoms with E-state index in [1.165, 1.54) is 11.3 Å². The lowest BCUT2D eigenvalue weighted by Crippen LogP contribution is -2.42. The summed E-state index contributed by atoms with van der Waals surface area (Å²) in [5, 5.41) is 3.15. The zero-order chi connectivity index (χ0) is 20.8. The summed E-state index contributed by atoms with van der Waals surface area (Å²) in [4.78, 5) is 41.1. The first-order valence-corrected chi connectivity index (χ1v) is 11.9. The maximum absolute atomic E-state index is 13.4. The highest BCUT2D eigenvalue weighted by atomic mass is 79.9. The van der Waals surface area contributed by atoms with Gasteiger partial charge in [0.15, 0.2) is 0 Å². The summed E-state index contributed by atoms with van der Waals surface area (Å²) >= 11 is 3.45. The van der Waals surface area contributed by atoms with Crippen LogP contribution in [0.4, 0.5) is 0 Å². The zero-order valence-electron chi connectivity index (χ0n) is 16.9. The van der Waals surface area contributed by atoms with Crippen LogP contribution in [0.3, 0.4) is 0 Å². The topological polar surface area (TPSA) is 66.5 Å². The van der Waals surface area contributed by atoms with Crippen molar-refractivity contribution in [3.63, 3.8) is 0 Å². The molecule has 0 spiro atoms. The lowest BCUT2D eigenvalue weighted by Gasteiger charge is -2.29. The molecule has 1 aromatic carbocycles. The van der Waals surface area contributed by atoms with Crippen LogP contribution in [0.2, 0.25) is 0 Å². The van der Waals surface area contributed by atoms with E-state index in [4.69, 9.17) is 0 Å². The summed E-state index contributed by atoms with van der Waals surface area (Å²) in [6.45, 7) is 0. The third-order valence-electron chi connectivity index (χ3n) is 7.42. The molecule has 4 aliphatic rings. The van der Waals surface area contributed by atoms with Gasteiger partial charge in [0.05, 0.1) is 24.3 Å². The quantitative estimate of drug-likeness (QED) is 0.519. The maximum Gasteiger partial charge on any atom is 0.234 e. The predicted octanol–water partition coefficient (Wildman–Crippen LogP) is 4.14. The number of benzene rings is 1. The smallest absolute Gasteiger partial charge is 0.234 e. The standard InChI is InChI=1S/C24H27BrN2O3/c25-17-10-8-14(9-11-17)19(13-20(28)26-18-4-2-1-3-5-18)27-23(29)21-15-6-7-16(12-15)22(21)24(27)30/h6-11,15-16,18-19,21-22H,1-5,12-13H2,(H,26,28). The second kappa shape index (κ2) is 7.95. The van der Waals surface area contributed by atoms with Crippen molar-refractivity contribution in [2.24, 2.45) is 23.7 Å². The normalized spacial score (nSPS) is 31.3. The van der Waals surface area contributed by atoms with E-state index in [2.05, 4.69) is 33.4 Å². The molecular weight excluding hydrogens is 444 g/mol. The molecule has 1 saturated heterocycles. The number of imide groups is 1. The van der Waals surface area contributed by atoms with Crippen molar-refractivity contribution >= 4 is 33.7 Å². The number of hydrogen-bond acceptors (Lipinski definition) is 3. The van der Waals surface area contributed by atoms with Crippen LogP contribution in [0.15, 0.2) is 40.9 Å². The van der Waals surface area contributed by atoms with Crippen LogP contribution < -0.4 is 5.32 Å². The van der Waals surface area contributed by atoms with Crippen molar-refractivity contribution in [3.8, 4) is 0 Å². The summed E-state index contributed by atoms with van der Waals surface area (Å²) in [5.41, 5.74) is 0.832. The SMILES string of the molecule is O=C(CC(c1ccc(Br)cc1)N1C(=O)C2C3C=CC(C3)C2C1=O)NC1CCCCC1. The van der Waals surface area contributed by atoms with Crippen LogP contribution in [0.1, 0.15) is 56.6 Å². The van der Waals surface area contributed by atoms with Gasteiger partial charge < -0.3 is 5.32 Å². The molecule has 2 saturated carbocycles. The number of fused-ring (bicyclic) bond motifs is 5. The third-order valence-corrected chi connectivity index (χ3v) is 7.95. The molecular formula is C24H27BrN2O3. The molecule has 30 heavy (non-hydrogen) atoms. The summed E-state index contributed by atoms with van der Waals surface area (Å²) in [7, 11) is 0. The van der Waals surface area contributed by atoms with E-state index in [-0.39, 0.29) is 53.9 Å². The number of amides is 3. The van der Waals surface area contributed by atoms with Gasteiger partial charge >= 0.3 is 0 Å². The van der Waals surface area contributed by atoms with Gasteiger partial charge in [-0.1, -0.05) is 59.5 Å². The number of allylic oxidation sites excluding steroid dienone is 2. The van der Waals surface area contributed by atoms with Crippen molar-refractivity contribution in [1.82, 2.24) is 10.2 Å². The second-order valence-corrected chi connectivity index (χ2v) is 10.1. The van der Waals surface area contributed by atoms with Crippen molar-refractivity contribution in [3.05, 3.63) is 46.5 Å². The molecule has 158 valence electrons. The Kier molecular flexibility index (Phi) is 5.30. The van der Waals surface area contributed by atoms with Gasteiger partial charge in [0, 0.05) is 10.5 Å². The lowest BCUT2D eigenvalue weighted by atomic mass is 9.85. The van der Waals surface area contributed by atoms with Crippen LogP contribution in [-0.2, 0) is 14.4 Å². The zero-order valence-corrected chi connectivity index (χ0v) is 18.5. The first kappa shape index (κ1) is 20.0. The predicted molar refractivity (Wildman–Crippen MR) is 116 cm³/mol. The molecule has 3 aliphatic carbocycles. The first-order chi connectivity index (χ1) is 14.5. The fraction of sp³-hybridized carbons (Fsp3) is 0.542. The fourth-order valence-electron chi connectivity index (χ4n) is 5.98. The molecule has 6 heteroatoms. The highest BCUT2D eigenvalue weighted by Gasteiger charge is 2.60. The fourth-order valence-corrected chi connectivity index (χ4v) is 6.25. The summed E-state index contributed by atoms with van der Waals surface area (Å²) < 4.78 is 0.926. The minimum absolute atomic E-state index is 0.0754. The van der Waals surface area contributed by atoms with E-state index < -0.39 is 6.04 Å². The molecule has 1 aromatic rings. The Hall–Kier alpha value is -1.95. The molecule has 5 rings (SSSR count). The number of carbonyl (C=O) groups is 3. The Morgan fingerprint density at radius 2 is 1.60 bits per heavy atom. The van der Waals surface area contributed by atoms with E-state index in [0.29, 0.717) is 0 Å². The van der Waals surface area contributed by atoms with Gasteiger partial charge in [-0.3, -0.25) is 19.3 Å². The lowest BCUT2D eigenvalue weighted by molar-refractivity contribution is -0.144. The minimum atomic E-state index is -0.549. The van der Waals surface area contributed by atoms with Crippen LogP contribution in [0.5, 0.6) is 0 Å². The van der Waals surface area contributed by atoms with E-state index in [9.17, 15) is 14.4 Å². The molecule has 2 bridgehead atoms. The summed E-state index contributed by atoms with van der Waals surface area (Å²) in [6.07, 6.45) is 10.8. The van der Waals surface area contributed by atoms with Crippen LogP contribution in [0.25, 0.3) is 0 Å². The number of nitrogens with one attached hydrogen (secondary N) is 1. The van der Waals surface area contributed by atoms with Crippen LogP contribution >= 0.6 is 15.9 Å². The van der Waals surface area contributed by atoms with Gasteiger partial charge in [-0.15, -0.1) is 0 Å². The Labute approximate surface area is 185 Å². The molecule has 1 aliphatic heterocycles. The molecule has 1 heterocycles. The largest absolute Gasteiger partial charge is 0.353 e. The number of nitrogens with zero attached hydrogens (tertiary/aromatic N) is 1. The Morgan fingerprint density at radius 3 is 2.20 bits per heavy atom. The van der Waals surface area contributed by atoms with E-state index >= 15 is 0 Å². The van der Waals surface area contributed by atoms with Gasteiger partial charge in [-0.25, -0.2) is 0 Å². The van der Waals surface area contributed by atoms with Gasteiger partial charge in [-0.05, 0) is 48.8 Å². The number of hydrogen-bond donors (Lipinski definition) is 1. The maximum atomic E-state index is 13.4. The van der Waals surface area contributed by atoms with Crippen LogP contribution in [0, 0.1) is 23.7 Å². The van der Waals surface area contributed by atoms with Gasteiger partial charge in [0.2, 0.25) is 17.7 Å². The first-order valence-electron chi connectivity index (χ1n) is 11.1. The molecule has 5 unspecified atom stereocenters. The average Bonchev–Trinajstić information content (AvgIpc) is 3.42. The van der Waals surface area contributed by atoms with E-state index in [1.54, 1.807) is 0 Å². The molecule has 5 atom stereocenters. The van der Waals surface area contributed by atoms with Gasteiger partial charge in [-0.2, -0.15) is 0 Å². The number of rotatable bonds is 5. The molecule has 0 aromatic heterocycles. The number of likely N-dealkylation sites (tertiary alicyclic amines) is 1. The Morgan fingerprint density at radius 1 is 1.00 bits per heavy atom. The molecule has 1 N–H and O–H groups in total. The number of halogens is 1. The van der Waals surface area contributed by atoms with Gasteiger partial charge in [0.1, 0.15) is 0 Å². The highest BCUT2D eigenvalue weighted by molar-refractivity contribution is 9.10. The minimum Gasteiger partial charge on any atom is -0.353 e. The Bertz CT molecular complexity index is 860. The van der Waals surface area contributed by atoms with Crippen molar-refractivity contribution < 1.29 is 14.4 Å². The highest BCUT2D eigenvalue weighted by Crippen LogP contribution is 2.54. The van der Waals surface area contributed by atoms with E-state index in [1.807, 2.05) is 24.3 Å². The van der Waals surface area contributed by atoms with Crippen molar-refractivity contribution in [1.29, 1.82) is 0 Å². The molecule has 3 amide bonds. The molecule has 5 nitrogen and oxygen atoms in total. The third kappa shape index (κ3) is 3.43. The number of carbonyl (C=O) groups excluding carboxylic acids is 3. The summed E-state index contributed by atoms with van der Waals surface area (Å²) in [5.74, 6) is -0.418. The van der Waals surface area contributed by atoms with E-state index in [0.717, 1.165) is 42.1 Å². The molecule has 0 radical (unpaired) electrons. The molecule has 3 fully saturated rings. The van der Waals surface area contributed by atoms with Gasteiger partial charge in [0.25, 0.3) is 0 Å². The summed E-state index contributed by atoms with van der Waals surface area (Å²) in [6, 6.07) is 7.28. The van der Waals surface area contributed by atoms with Crippen LogP contribution in [-0.4, -0.2) is 28.7 Å². The monoisotopic (exact) mass is 470 g/mol. The van der Waals surface area contributed by atoms with Crippen molar-refractivity contribution in [2.45, 2.75) is 57.0 Å². The average molecular weight is 471 g/mol. The second-order valence-electron chi connectivity index (χ2n) is 9.22. The Balaban J connectivity index is 1.40.